The van der Waals surface area contributed by atoms with Gasteiger partial charge in [-0.25, -0.2) is 0 Å². The predicted molar refractivity (Wildman–Crippen MR) is 78.8 cm³/mol. The minimum atomic E-state index is -0.496. The van der Waals surface area contributed by atoms with Gasteiger partial charge in [0.25, 0.3) is 0 Å². The molecule has 0 amide bonds. The lowest BCUT2D eigenvalue weighted by atomic mass is 10.1. The summed E-state index contributed by atoms with van der Waals surface area (Å²) >= 11 is 0. The van der Waals surface area contributed by atoms with Crippen LogP contribution in [0.3, 0.4) is 0 Å². The second-order valence-corrected chi connectivity index (χ2v) is 4.55. The van der Waals surface area contributed by atoms with Gasteiger partial charge in [0.2, 0.25) is 5.75 Å². The number of benzene rings is 2. The molecule has 0 aromatic heterocycles. The summed E-state index contributed by atoms with van der Waals surface area (Å²) in [6, 6.07) is 11.3. The molecule has 0 aliphatic rings. The number of nitrogens with zero attached hydrogens (tertiary/aromatic N) is 1. The molecule has 2 aromatic rings. The Balaban J connectivity index is 2.38. The summed E-state index contributed by atoms with van der Waals surface area (Å²) in [5.41, 5.74) is 6.58. The average molecular weight is 288 g/mol. The van der Waals surface area contributed by atoms with Crippen LogP contribution in [-0.2, 0) is 0 Å². The van der Waals surface area contributed by atoms with E-state index in [2.05, 4.69) is 0 Å². The van der Waals surface area contributed by atoms with E-state index in [0.29, 0.717) is 11.5 Å². The van der Waals surface area contributed by atoms with Gasteiger partial charge in [0.1, 0.15) is 11.5 Å². The SMILES string of the molecule is COc1ccc([N+](=O)[O-])c(Oc2cccc(C(C)N)c2)c1. The van der Waals surface area contributed by atoms with Crippen molar-refractivity contribution in [2.45, 2.75) is 13.0 Å². The largest absolute Gasteiger partial charge is 0.497 e. The Morgan fingerprint density at radius 1 is 1.19 bits per heavy atom. The highest BCUT2D eigenvalue weighted by molar-refractivity contribution is 5.52. The van der Waals surface area contributed by atoms with E-state index in [0.717, 1.165) is 5.56 Å². The molecule has 0 radical (unpaired) electrons. The summed E-state index contributed by atoms with van der Waals surface area (Å²) in [4.78, 5) is 10.6. The summed E-state index contributed by atoms with van der Waals surface area (Å²) in [7, 11) is 1.49. The number of rotatable bonds is 5. The zero-order chi connectivity index (χ0) is 15.4. The Hall–Kier alpha value is -2.60. The molecule has 2 N–H and O–H groups in total. The lowest BCUT2D eigenvalue weighted by molar-refractivity contribution is -0.385. The van der Waals surface area contributed by atoms with Gasteiger partial charge in [-0.05, 0) is 30.7 Å². The molecular formula is C15H16N2O4. The van der Waals surface area contributed by atoms with Crippen molar-refractivity contribution in [2.75, 3.05) is 7.11 Å². The Labute approximate surface area is 122 Å². The lowest BCUT2D eigenvalue weighted by Crippen LogP contribution is -2.04. The van der Waals surface area contributed by atoms with Gasteiger partial charge in [-0.15, -0.1) is 0 Å². The van der Waals surface area contributed by atoms with Gasteiger partial charge in [-0.2, -0.15) is 0 Å². The van der Waals surface area contributed by atoms with Crippen LogP contribution in [0.5, 0.6) is 17.2 Å². The molecule has 0 saturated carbocycles. The second-order valence-electron chi connectivity index (χ2n) is 4.55. The molecule has 2 rings (SSSR count). The third-order valence-corrected chi connectivity index (χ3v) is 2.98. The Kier molecular flexibility index (Phi) is 4.39. The van der Waals surface area contributed by atoms with Crippen molar-refractivity contribution in [2.24, 2.45) is 5.73 Å². The van der Waals surface area contributed by atoms with Crippen molar-refractivity contribution >= 4 is 5.69 Å². The van der Waals surface area contributed by atoms with Crippen molar-refractivity contribution in [3.63, 3.8) is 0 Å². The third kappa shape index (κ3) is 3.49. The van der Waals surface area contributed by atoms with Crippen LogP contribution in [0.2, 0.25) is 0 Å². The summed E-state index contributed by atoms with van der Waals surface area (Å²) < 4.78 is 10.7. The minimum Gasteiger partial charge on any atom is -0.497 e. The fraction of sp³-hybridized carbons (Fsp3) is 0.200. The summed E-state index contributed by atoms with van der Waals surface area (Å²) in [5, 5.41) is 11.1. The highest BCUT2D eigenvalue weighted by Crippen LogP contribution is 2.35. The number of nitro benzene ring substituents is 1. The normalized spacial score (nSPS) is 11.8. The number of ether oxygens (including phenoxy) is 2. The van der Waals surface area contributed by atoms with Crippen LogP contribution in [0.25, 0.3) is 0 Å². The summed E-state index contributed by atoms with van der Waals surface area (Å²) in [6.07, 6.45) is 0. The molecule has 110 valence electrons. The van der Waals surface area contributed by atoms with E-state index >= 15 is 0 Å². The van der Waals surface area contributed by atoms with E-state index in [1.807, 2.05) is 13.0 Å². The number of nitrogens with two attached hydrogens (primary N) is 1. The lowest BCUT2D eigenvalue weighted by Gasteiger charge is -2.10. The van der Waals surface area contributed by atoms with Gasteiger partial charge >= 0.3 is 5.69 Å². The van der Waals surface area contributed by atoms with E-state index in [1.165, 1.54) is 25.3 Å². The first-order valence-corrected chi connectivity index (χ1v) is 6.37. The second kappa shape index (κ2) is 6.23. The van der Waals surface area contributed by atoms with E-state index in [4.69, 9.17) is 15.2 Å². The number of hydrogen-bond donors (Lipinski definition) is 1. The molecule has 0 bridgehead atoms. The van der Waals surface area contributed by atoms with Crippen molar-refractivity contribution < 1.29 is 14.4 Å². The fourth-order valence-electron chi connectivity index (χ4n) is 1.84. The van der Waals surface area contributed by atoms with Gasteiger partial charge in [-0.3, -0.25) is 10.1 Å². The predicted octanol–water partition coefficient (Wildman–Crippen LogP) is 3.42. The third-order valence-electron chi connectivity index (χ3n) is 2.98. The molecule has 6 nitrogen and oxygen atoms in total. The Morgan fingerprint density at radius 2 is 1.95 bits per heavy atom. The fourth-order valence-corrected chi connectivity index (χ4v) is 1.84. The van der Waals surface area contributed by atoms with Gasteiger partial charge in [0.15, 0.2) is 0 Å². The maximum absolute atomic E-state index is 11.1. The Bertz CT molecular complexity index is 656. The topological polar surface area (TPSA) is 87.6 Å². The van der Waals surface area contributed by atoms with E-state index < -0.39 is 4.92 Å². The van der Waals surface area contributed by atoms with Crippen molar-refractivity contribution in [3.05, 3.63) is 58.1 Å². The molecule has 21 heavy (non-hydrogen) atoms. The van der Waals surface area contributed by atoms with Crippen LogP contribution in [0.15, 0.2) is 42.5 Å². The minimum absolute atomic E-state index is 0.123. The molecule has 0 fully saturated rings. The van der Waals surface area contributed by atoms with Gasteiger partial charge in [-0.1, -0.05) is 12.1 Å². The van der Waals surface area contributed by atoms with E-state index in [1.54, 1.807) is 18.2 Å². The summed E-state index contributed by atoms with van der Waals surface area (Å²) in [5.74, 6) is 1.10. The zero-order valence-electron chi connectivity index (χ0n) is 11.8. The molecule has 0 saturated heterocycles. The number of nitro groups is 1. The van der Waals surface area contributed by atoms with Crippen LogP contribution in [0, 0.1) is 10.1 Å². The first kappa shape index (κ1) is 14.8. The van der Waals surface area contributed by atoms with Crippen LogP contribution >= 0.6 is 0 Å². The number of hydrogen-bond acceptors (Lipinski definition) is 5. The molecule has 0 heterocycles. The maximum atomic E-state index is 11.1. The van der Waals surface area contributed by atoms with Crippen molar-refractivity contribution in [3.8, 4) is 17.2 Å². The quantitative estimate of drug-likeness (QED) is 0.672. The smallest absolute Gasteiger partial charge is 0.311 e. The van der Waals surface area contributed by atoms with Gasteiger partial charge < -0.3 is 15.2 Å². The molecule has 0 aliphatic carbocycles. The maximum Gasteiger partial charge on any atom is 0.311 e. The standard InChI is InChI=1S/C15H16N2O4/c1-10(16)11-4-3-5-13(8-11)21-15-9-12(20-2)6-7-14(15)17(18)19/h3-10H,16H2,1-2H3. The van der Waals surface area contributed by atoms with Crippen molar-refractivity contribution in [1.82, 2.24) is 0 Å². The first-order chi connectivity index (χ1) is 10.0. The highest BCUT2D eigenvalue weighted by atomic mass is 16.6. The van der Waals surface area contributed by atoms with Crippen molar-refractivity contribution in [1.29, 1.82) is 0 Å². The molecule has 0 spiro atoms. The highest BCUT2D eigenvalue weighted by Gasteiger charge is 2.17. The molecule has 2 aromatic carbocycles. The average Bonchev–Trinajstić information content (AvgIpc) is 2.47. The van der Waals surface area contributed by atoms with E-state index in [-0.39, 0.29) is 17.5 Å². The monoisotopic (exact) mass is 288 g/mol. The molecule has 1 atom stereocenters. The molecule has 0 aliphatic heterocycles. The summed E-state index contributed by atoms with van der Waals surface area (Å²) in [6.45, 7) is 1.85. The Morgan fingerprint density at radius 3 is 2.57 bits per heavy atom. The zero-order valence-corrected chi connectivity index (χ0v) is 11.8. The molecule has 6 heteroatoms. The molecular weight excluding hydrogens is 272 g/mol. The van der Waals surface area contributed by atoms with Crippen LogP contribution in [0.4, 0.5) is 5.69 Å². The first-order valence-electron chi connectivity index (χ1n) is 6.37. The van der Waals surface area contributed by atoms with E-state index in [9.17, 15) is 10.1 Å². The van der Waals surface area contributed by atoms with Crippen LogP contribution < -0.4 is 15.2 Å². The molecule has 1 unspecified atom stereocenters. The number of methoxy groups -OCH3 is 1. The van der Waals surface area contributed by atoms with Crippen LogP contribution in [0.1, 0.15) is 18.5 Å². The van der Waals surface area contributed by atoms with Crippen LogP contribution in [-0.4, -0.2) is 12.0 Å². The van der Waals surface area contributed by atoms with Gasteiger partial charge in [0.05, 0.1) is 12.0 Å². The van der Waals surface area contributed by atoms with Gasteiger partial charge in [0, 0.05) is 18.2 Å².